The van der Waals surface area contributed by atoms with Crippen molar-refractivity contribution in [2.75, 3.05) is 13.2 Å². The van der Waals surface area contributed by atoms with Gasteiger partial charge >= 0.3 is 0 Å². The molecule has 1 unspecified atom stereocenters. The van der Waals surface area contributed by atoms with Crippen molar-refractivity contribution in [3.8, 4) is 0 Å². The molecule has 1 atom stereocenters. The van der Waals surface area contributed by atoms with Gasteiger partial charge < -0.3 is 18.5 Å². The molecular formula is C22H24N2O6S. The molecule has 8 nitrogen and oxygen atoms in total. The first-order valence-corrected chi connectivity index (χ1v) is 11.5. The van der Waals surface area contributed by atoms with Crippen LogP contribution in [-0.4, -0.2) is 38.5 Å². The van der Waals surface area contributed by atoms with E-state index in [1.807, 2.05) is 0 Å². The van der Waals surface area contributed by atoms with E-state index in [1.165, 1.54) is 24.7 Å². The van der Waals surface area contributed by atoms with E-state index < -0.39 is 10.0 Å². The van der Waals surface area contributed by atoms with Crippen LogP contribution in [0.5, 0.6) is 0 Å². The highest BCUT2D eigenvalue weighted by Crippen LogP contribution is 2.18. The number of ether oxygens (including phenoxy) is 1. The number of amides is 1. The van der Waals surface area contributed by atoms with Crippen LogP contribution >= 0.6 is 0 Å². The van der Waals surface area contributed by atoms with Crippen LogP contribution in [0.1, 0.15) is 34.7 Å². The van der Waals surface area contributed by atoms with Crippen molar-refractivity contribution in [2.45, 2.75) is 36.9 Å². The minimum atomic E-state index is -3.77. The highest BCUT2D eigenvalue weighted by atomic mass is 32.2. The third-order valence-corrected chi connectivity index (χ3v) is 6.48. The topological polar surface area (TPSA) is 102 Å². The molecule has 31 heavy (non-hydrogen) atoms. The smallest absolute Gasteiger partial charge is 0.254 e. The van der Waals surface area contributed by atoms with E-state index in [9.17, 15) is 13.2 Å². The first kappa shape index (κ1) is 21.4. The summed E-state index contributed by atoms with van der Waals surface area (Å²) in [5, 5.41) is 0. The monoisotopic (exact) mass is 444 g/mol. The van der Waals surface area contributed by atoms with E-state index in [0.717, 1.165) is 12.8 Å². The average molecular weight is 445 g/mol. The number of furan rings is 2. The van der Waals surface area contributed by atoms with Crippen LogP contribution in [0.4, 0.5) is 0 Å². The second-order valence-corrected chi connectivity index (χ2v) is 9.10. The lowest BCUT2D eigenvalue weighted by molar-refractivity contribution is 0.0704. The Bertz CT molecular complexity index is 1050. The summed E-state index contributed by atoms with van der Waals surface area (Å²) in [4.78, 5) is 14.8. The Morgan fingerprint density at radius 2 is 1.74 bits per heavy atom. The molecule has 164 valence electrons. The van der Waals surface area contributed by atoms with Gasteiger partial charge in [0.05, 0.1) is 36.6 Å². The van der Waals surface area contributed by atoms with Crippen molar-refractivity contribution in [2.24, 2.45) is 0 Å². The van der Waals surface area contributed by atoms with Gasteiger partial charge in [-0.1, -0.05) is 6.07 Å². The van der Waals surface area contributed by atoms with Gasteiger partial charge in [0, 0.05) is 18.7 Å². The van der Waals surface area contributed by atoms with Gasteiger partial charge in [0.1, 0.15) is 11.5 Å². The molecule has 0 bridgehead atoms. The quantitative estimate of drug-likeness (QED) is 0.544. The molecule has 0 aliphatic carbocycles. The Kier molecular flexibility index (Phi) is 6.55. The number of benzene rings is 1. The van der Waals surface area contributed by atoms with Gasteiger partial charge in [-0.25, -0.2) is 13.1 Å². The fourth-order valence-electron chi connectivity index (χ4n) is 3.45. The van der Waals surface area contributed by atoms with Crippen LogP contribution in [0.3, 0.4) is 0 Å². The molecule has 1 saturated heterocycles. The van der Waals surface area contributed by atoms with Crippen LogP contribution in [0.2, 0.25) is 0 Å². The third kappa shape index (κ3) is 5.43. The molecule has 1 N–H and O–H groups in total. The van der Waals surface area contributed by atoms with Crippen LogP contribution in [0, 0.1) is 0 Å². The first-order valence-electron chi connectivity index (χ1n) is 10.1. The zero-order valence-electron chi connectivity index (χ0n) is 16.9. The molecule has 1 aliphatic rings. The third-order valence-electron chi connectivity index (χ3n) is 5.06. The molecule has 1 aliphatic heterocycles. The molecule has 1 amide bonds. The molecular weight excluding hydrogens is 420 g/mol. The fourth-order valence-corrected chi connectivity index (χ4v) is 4.56. The lowest BCUT2D eigenvalue weighted by atomic mass is 10.2. The summed E-state index contributed by atoms with van der Waals surface area (Å²) in [7, 11) is -3.77. The van der Waals surface area contributed by atoms with Gasteiger partial charge in [-0.2, -0.15) is 0 Å². The van der Waals surface area contributed by atoms with Crippen molar-refractivity contribution in [3.63, 3.8) is 0 Å². The van der Waals surface area contributed by atoms with E-state index in [1.54, 1.807) is 41.3 Å². The summed E-state index contributed by atoms with van der Waals surface area (Å²) >= 11 is 0. The Morgan fingerprint density at radius 3 is 2.32 bits per heavy atom. The van der Waals surface area contributed by atoms with Crippen LogP contribution in [-0.2, 0) is 27.8 Å². The standard InChI is InChI=1S/C22H24N2O6S/c25-22(24(15-19-7-3-11-29-19)16-20-8-4-12-30-20)17-5-1-9-21(13-17)31(26,27)23-14-18-6-2-10-28-18/h1,3-5,7-9,11-13,18,23H,2,6,10,14-16H2. The van der Waals surface area contributed by atoms with Crippen molar-refractivity contribution in [1.82, 2.24) is 9.62 Å². The van der Waals surface area contributed by atoms with E-state index in [0.29, 0.717) is 18.1 Å². The number of nitrogens with zero attached hydrogens (tertiary/aromatic N) is 1. The Hall–Kier alpha value is -2.88. The Balaban J connectivity index is 1.52. The van der Waals surface area contributed by atoms with Crippen molar-refractivity contribution >= 4 is 15.9 Å². The molecule has 0 saturated carbocycles. The van der Waals surface area contributed by atoms with Gasteiger partial charge in [-0.05, 0) is 55.3 Å². The lowest BCUT2D eigenvalue weighted by Crippen LogP contribution is -2.32. The predicted molar refractivity (Wildman–Crippen MR) is 112 cm³/mol. The van der Waals surface area contributed by atoms with Gasteiger partial charge in [0.15, 0.2) is 0 Å². The molecule has 1 fully saturated rings. The summed E-state index contributed by atoms with van der Waals surface area (Å²) in [6.07, 6.45) is 4.72. The maximum Gasteiger partial charge on any atom is 0.254 e. The van der Waals surface area contributed by atoms with Crippen molar-refractivity contribution in [1.29, 1.82) is 0 Å². The summed E-state index contributed by atoms with van der Waals surface area (Å²) in [5.41, 5.74) is 0.262. The van der Waals surface area contributed by atoms with E-state index in [2.05, 4.69) is 4.72 Å². The van der Waals surface area contributed by atoms with Crippen LogP contribution in [0.25, 0.3) is 0 Å². The largest absolute Gasteiger partial charge is 0.467 e. The van der Waals surface area contributed by atoms with Crippen LogP contribution < -0.4 is 4.72 Å². The Morgan fingerprint density at radius 1 is 1.03 bits per heavy atom. The molecule has 4 rings (SSSR count). The second kappa shape index (κ2) is 9.51. The molecule has 1 aromatic carbocycles. The fraction of sp³-hybridized carbons (Fsp3) is 0.318. The highest BCUT2D eigenvalue weighted by molar-refractivity contribution is 7.89. The number of carbonyl (C=O) groups excluding carboxylic acids is 1. The number of hydrogen-bond donors (Lipinski definition) is 1. The summed E-state index contributed by atoms with van der Waals surface area (Å²) in [6.45, 7) is 1.31. The number of sulfonamides is 1. The molecule has 3 aromatic rings. The SMILES string of the molecule is O=C(c1cccc(S(=O)(=O)NCC2CCCO2)c1)N(Cc1ccco1)Cc1ccco1. The first-order chi connectivity index (χ1) is 15.0. The van der Waals surface area contributed by atoms with E-state index >= 15 is 0 Å². The number of rotatable bonds is 9. The van der Waals surface area contributed by atoms with Gasteiger partial charge in [-0.15, -0.1) is 0 Å². The second-order valence-electron chi connectivity index (χ2n) is 7.33. The van der Waals surface area contributed by atoms with Crippen LogP contribution in [0.15, 0.2) is 74.8 Å². The maximum absolute atomic E-state index is 13.3. The summed E-state index contributed by atoms with van der Waals surface area (Å²) in [5.74, 6) is 0.896. The Labute approximate surface area is 180 Å². The van der Waals surface area contributed by atoms with Crippen molar-refractivity contribution < 1.29 is 26.8 Å². The predicted octanol–water partition coefficient (Wildman–Crippen LogP) is 3.17. The summed E-state index contributed by atoms with van der Waals surface area (Å²) < 4.78 is 44.3. The molecule has 0 radical (unpaired) electrons. The highest BCUT2D eigenvalue weighted by Gasteiger charge is 2.23. The van der Waals surface area contributed by atoms with E-state index in [-0.39, 0.29) is 42.1 Å². The number of nitrogens with one attached hydrogen (secondary N) is 1. The summed E-state index contributed by atoms with van der Waals surface area (Å²) in [6, 6.07) is 13.1. The molecule has 3 heterocycles. The van der Waals surface area contributed by atoms with Gasteiger partial charge in [-0.3, -0.25) is 4.79 Å². The molecule has 2 aromatic heterocycles. The lowest BCUT2D eigenvalue weighted by Gasteiger charge is -2.21. The molecule has 0 spiro atoms. The zero-order chi connectivity index (χ0) is 21.7. The van der Waals surface area contributed by atoms with E-state index in [4.69, 9.17) is 13.6 Å². The van der Waals surface area contributed by atoms with Crippen molar-refractivity contribution in [3.05, 3.63) is 78.1 Å². The molecule has 9 heteroatoms. The minimum Gasteiger partial charge on any atom is -0.467 e. The normalized spacial score (nSPS) is 16.5. The minimum absolute atomic E-state index is 0.0345. The zero-order valence-corrected chi connectivity index (χ0v) is 17.7. The maximum atomic E-state index is 13.3. The number of hydrogen-bond acceptors (Lipinski definition) is 6. The number of carbonyl (C=O) groups is 1. The van der Waals surface area contributed by atoms with Gasteiger partial charge in [0.25, 0.3) is 5.91 Å². The van der Waals surface area contributed by atoms with Gasteiger partial charge in [0.2, 0.25) is 10.0 Å². The average Bonchev–Trinajstić information content (AvgIpc) is 3.55.